The lowest BCUT2D eigenvalue weighted by Crippen LogP contribution is -2.59. The van der Waals surface area contributed by atoms with Gasteiger partial charge in [0.1, 0.15) is 0 Å². The average Bonchev–Trinajstić information content (AvgIpc) is 3.14. The predicted molar refractivity (Wildman–Crippen MR) is 93.0 cm³/mol. The van der Waals surface area contributed by atoms with E-state index in [0.29, 0.717) is 11.8 Å². The van der Waals surface area contributed by atoms with Crippen molar-refractivity contribution < 1.29 is 9.53 Å². The number of imidazole rings is 1. The molecule has 0 bridgehead atoms. The van der Waals surface area contributed by atoms with Gasteiger partial charge >= 0.3 is 0 Å². The molecule has 1 N–H and O–H groups in total. The Labute approximate surface area is 148 Å². The topological polar surface area (TPSA) is 61.5 Å². The number of ether oxygens (including phenoxy) is 1. The molecule has 3 aliphatic heterocycles. The van der Waals surface area contributed by atoms with Gasteiger partial charge in [-0.2, -0.15) is 0 Å². The third-order valence-corrected chi connectivity index (χ3v) is 6.68. The smallest absolute Gasteiger partial charge is 0.226 e. The molecule has 0 radical (unpaired) electrons. The third-order valence-electron chi connectivity index (χ3n) is 6.68. The lowest BCUT2D eigenvalue weighted by atomic mass is 9.78. The highest BCUT2D eigenvalue weighted by atomic mass is 16.5. The number of fused-ring (bicyclic) bond motifs is 2. The maximum absolute atomic E-state index is 13.0. The van der Waals surface area contributed by atoms with E-state index in [4.69, 9.17) is 4.74 Å². The monoisotopic (exact) mass is 344 g/mol. The number of piperidine rings is 1. The van der Waals surface area contributed by atoms with E-state index in [-0.39, 0.29) is 11.5 Å². The minimum Gasteiger partial charge on any atom is -0.381 e. The number of amides is 1. The number of likely N-dealkylation sites (tertiary alicyclic amines) is 1. The van der Waals surface area contributed by atoms with Crippen LogP contribution in [0.4, 0.5) is 0 Å². The van der Waals surface area contributed by atoms with Crippen LogP contribution in [0.25, 0.3) is 0 Å². The molecule has 1 unspecified atom stereocenters. The fraction of sp³-hybridized carbons (Fsp3) is 0.789. The number of rotatable bonds is 3. The van der Waals surface area contributed by atoms with Gasteiger partial charge in [0, 0.05) is 50.8 Å². The van der Waals surface area contributed by atoms with E-state index in [9.17, 15) is 4.79 Å². The summed E-state index contributed by atoms with van der Waals surface area (Å²) in [6, 6.07) is 0. The van der Waals surface area contributed by atoms with Gasteiger partial charge in [0.25, 0.3) is 0 Å². The van der Waals surface area contributed by atoms with Crippen molar-refractivity contribution >= 4 is 5.91 Å². The van der Waals surface area contributed by atoms with Crippen LogP contribution in [0.5, 0.6) is 0 Å². The van der Waals surface area contributed by atoms with Crippen LogP contribution in [0.3, 0.4) is 0 Å². The summed E-state index contributed by atoms with van der Waals surface area (Å²) in [5.74, 6) is 1.35. The highest BCUT2D eigenvalue weighted by Gasteiger charge is 2.51. The van der Waals surface area contributed by atoms with Crippen molar-refractivity contribution in [1.82, 2.24) is 19.8 Å². The van der Waals surface area contributed by atoms with E-state index >= 15 is 0 Å². The molecule has 136 valence electrons. The van der Waals surface area contributed by atoms with E-state index in [1.165, 1.54) is 12.1 Å². The Kier molecular flexibility index (Phi) is 3.86. The summed E-state index contributed by atoms with van der Waals surface area (Å²) in [4.78, 5) is 25.8. The highest BCUT2D eigenvalue weighted by molar-refractivity contribution is 5.82. The number of hydrogen-bond acceptors (Lipinski definition) is 4. The molecular weight excluding hydrogens is 316 g/mol. The Bertz CT molecular complexity index is 640. The van der Waals surface area contributed by atoms with Gasteiger partial charge in [-0.05, 0) is 38.0 Å². The Balaban J connectivity index is 1.36. The first kappa shape index (κ1) is 15.8. The van der Waals surface area contributed by atoms with Crippen molar-refractivity contribution in [2.75, 3.05) is 39.4 Å². The lowest BCUT2D eigenvalue weighted by molar-refractivity contribution is -0.143. The number of nitrogens with one attached hydrogen (secondary N) is 1. The SMILES string of the molecule is O=C(C1CC1)N1CCc2[nH]cnc2C12CCN(CC1CCOC1)CC2. The van der Waals surface area contributed by atoms with Gasteiger partial charge in [0.15, 0.2) is 0 Å². The van der Waals surface area contributed by atoms with E-state index in [1.54, 1.807) is 0 Å². The molecule has 3 fully saturated rings. The second-order valence-corrected chi connectivity index (χ2v) is 8.31. The van der Waals surface area contributed by atoms with Gasteiger partial charge < -0.3 is 19.5 Å². The largest absolute Gasteiger partial charge is 0.381 e. The summed E-state index contributed by atoms with van der Waals surface area (Å²) in [7, 11) is 0. The van der Waals surface area contributed by atoms with Crippen LogP contribution in [-0.4, -0.2) is 65.1 Å². The number of carbonyl (C=O) groups is 1. The van der Waals surface area contributed by atoms with Crippen LogP contribution in [0.2, 0.25) is 0 Å². The van der Waals surface area contributed by atoms with Crippen LogP contribution in [0, 0.1) is 11.8 Å². The van der Waals surface area contributed by atoms with Gasteiger partial charge in [-0.15, -0.1) is 0 Å². The second kappa shape index (κ2) is 6.09. The molecule has 6 nitrogen and oxygen atoms in total. The predicted octanol–water partition coefficient (Wildman–Crippen LogP) is 1.53. The molecule has 25 heavy (non-hydrogen) atoms. The summed E-state index contributed by atoms with van der Waals surface area (Å²) >= 11 is 0. The number of H-pyrrole nitrogens is 1. The van der Waals surface area contributed by atoms with Gasteiger partial charge in [0.2, 0.25) is 5.91 Å². The molecule has 1 amide bonds. The molecule has 6 heteroatoms. The van der Waals surface area contributed by atoms with Crippen LogP contribution in [0.1, 0.15) is 43.5 Å². The number of hydrogen-bond donors (Lipinski definition) is 1. The van der Waals surface area contributed by atoms with Gasteiger partial charge in [0.05, 0.1) is 24.2 Å². The number of aromatic amines is 1. The Morgan fingerprint density at radius 1 is 1.28 bits per heavy atom. The molecule has 1 aromatic heterocycles. The van der Waals surface area contributed by atoms with Gasteiger partial charge in [-0.25, -0.2) is 4.98 Å². The lowest BCUT2D eigenvalue weighted by Gasteiger charge is -2.51. The molecule has 4 heterocycles. The van der Waals surface area contributed by atoms with Crippen molar-refractivity contribution in [2.24, 2.45) is 11.8 Å². The van der Waals surface area contributed by atoms with Gasteiger partial charge in [-0.3, -0.25) is 4.79 Å². The second-order valence-electron chi connectivity index (χ2n) is 8.31. The first-order chi connectivity index (χ1) is 12.3. The standard InChI is InChI=1S/C19H28N4O2/c24-18(15-1-2-15)23-7-3-16-17(21-13-20-16)19(23)5-8-22(9-6-19)11-14-4-10-25-12-14/h13-15H,1-12H2,(H,20,21). The third kappa shape index (κ3) is 2.70. The Morgan fingerprint density at radius 2 is 2.12 bits per heavy atom. The van der Waals surface area contributed by atoms with E-state index < -0.39 is 0 Å². The molecule has 1 atom stereocenters. The molecule has 4 aliphatic rings. The maximum atomic E-state index is 13.0. The summed E-state index contributed by atoms with van der Waals surface area (Å²) in [5.41, 5.74) is 2.23. The fourth-order valence-electron chi connectivity index (χ4n) is 5.05. The van der Waals surface area contributed by atoms with Crippen molar-refractivity contribution in [2.45, 2.75) is 44.1 Å². The molecule has 1 spiro atoms. The minimum absolute atomic E-state index is 0.171. The van der Waals surface area contributed by atoms with Crippen LogP contribution < -0.4 is 0 Å². The summed E-state index contributed by atoms with van der Waals surface area (Å²) in [6.07, 6.45) is 8.10. The zero-order valence-corrected chi connectivity index (χ0v) is 14.9. The number of nitrogens with zero attached hydrogens (tertiary/aromatic N) is 3. The van der Waals surface area contributed by atoms with Crippen LogP contribution in [0.15, 0.2) is 6.33 Å². The highest BCUT2D eigenvalue weighted by Crippen LogP contribution is 2.45. The Morgan fingerprint density at radius 3 is 2.84 bits per heavy atom. The quantitative estimate of drug-likeness (QED) is 0.903. The first-order valence-electron chi connectivity index (χ1n) is 9.90. The maximum Gasteiger partial charge on any atom is 0.226 e. The molecular formula is C19H28N4O2. The molecule has 0 aromatic carbocycles. The fourth-order valence-corrected chi connectivity index (χ4v) is 5.05. The Hall–Kier alpha value is -1.40. The van der Waals surface area contributed by atoms with Crippen LogP contribution in [-0.2, 0) is 21.5 Å². The van der Waals surface area contributed by atoms with Crippen LogP contribution >= 0.6 is 0 Å². The average molecular weight is 344 g/mol. The zero-order chi connectivity index (χ0) is 16.9. The molecule has 1 aliphatic carbocycles. The summed E-state index contributed by atoms with van der Waals surface area (Å²) < 4.78 is 5.53. The number of carbonyl (C=O) groups excluding carboxylic acids is 1. The molecule has 1 aromatic rings. The van der Waals surface area contributed by atoms with Crippen molar-refractivity contribution in [3.05, 3.63) is 17.7 Å². The molecule has 5 rings (SSSR count). The van der Waals surface area contributed by atoms with Crippen molar-refractivity contribution in [3.63, 3.8) is 0 Å². The minimum atomic E-state index is -0.171. The summed E-state index contributed by atoms with van der Waals surface area (Å²) in [5, 5.41) is 0. The number of aromatic nitrogens is 2. The molecule has 1 saturated carbocycles. The van der Waals surface area contributed by atoms with E-state index in [0.717, 1.165) is 77.2 Å². The van der Waals surface area contributed by atoms with Crippen molar-refractivity contribution in [1.29, 1.82) is 0 Å². The molecule has 2 saturated heterocycles. The zero-order valence-electron chi connectivity index (χ0n) is 14.9. The van der Waals surface area contributed by atoms with Crippen molar-refractivity contribution in [3.8, 4) is 0 Å². The van der Waals surface area contributed by atoms with E-state index in [2.05, 4.69) is 19.8 Å². The normalized spacial score (nSPS) is 29.1. The first-order valence-corrected chi connectivity index (χ1v) is 9.90. The van der Waals surface area contributed by atoms with Gasteiger partial charge in [-0.1, -0.05) is 0 Å². The summed E-state index contributed by atoms with van der Waals surface area (Å²) in [6.45, 7) is 5.93. The van der Waals surface area contributed by atoms with E-state index in [1.807, 2.05) is 6.33 Å².